The predicted octanol–water partition coefficient (Wildman–Crippen LogP) is 0.459. The van der Waals surface area contributed by atoms with E-state index in [1.807, 2.05) is 41.9 Å². The Hall–Kier alpha value is -1.29. The highest BCUT2D eigenvalue weighted by atomic mass is 16.2. The van der Waals surface area contributed by atoms with Crippen molar-refractivity contribution in [1.29, 1.82) is 0 Å². The van der Waals surface area contributed by atoms with Crippen molar-refractivity contribution in [2.75, 3.05) is 20.1 Å². The molecule has 2 heterocycles. The summed E-state index contributed by atoms with van der Waals surface area (Å²) in [7, 11) is 3.78. The van der Waals surface area contributed by atoms with Crippen LogP contribution in [0.4, 0.5) is 0 Å². The van der Waals surface area contributed by atoms with Crippen LogP contribution in [0.3, 0.4) is 0 Å². The van der Waals surface area contributed by atoms with Crippen LogP contribution in [0.1, 0.15) is 16.9 Å². The van der Waals surface area contributed by atoms with E-state index in [4.69, 9.17) is 0 Å². The molecule has 0 aromatic carbocycles. The molecule has 1 saturated heterocycles. The third kappa shape index (κ3) is 1.90. The maximum atomic E-state index is 12.1. The van der Waals surface area contributed by atoms with Crippen molar-refractivity contribution in [3.8, 4) is 0 Å². The smallest absolute Gasteiger partial charge is 0.270 e. The normalized spacial score (nSPS) is 20.5. The second-order valence-corrected chi connectivity index (χ2v) is 4.07. The number of nitrogens with one attached hydrogen (secondary N) is 1. The summed E-state index contributed by atoms with van der Waals surface area (Å²) in [5.41, 5.74) is 0.754. The highest BCUT2D eigenvalue weighted by Gasteiger charge is 2.24. The Morgan fingerprint density at radius 1 is 1.67 bits per heavy atom. The number of likely N-dealkylation sites (N-methyl/N-ethyl adjacent to an activating group) is 1. The van der Waals surface area contributed by atoms with Gasteiger partial charge in [0.1, 0.15) is 5.69 Å². The fourth-order valence-electron chi connectivity index (χ4n) is 2.00. The summed E-state index contributed by atoms with van der Waals surface area (Å²) in [6.07, 6.45) is 2.95. The molecule has 0 bridgehead atoms. The fourth-order valence-corrected chi connectivity index (χ4v) is 2.00. The van der Waals surface area contributed by atoms with Crippen molar-refractivity contribution in [3.63, 3.8) is 0 Å². The molecule has 1 aliphatic heterocycles. The first kappa shape index (κ1) is 10.2. The third-order valence-corrected chi connectivity index (χ3v) is 3.07. The summed E-state index contributed by atoms with van der Waals surface area (Å²) >= 11 is 0. The van der Waals surface area contributed by atoms with Gasteiger partial charge >= 0.3 is 0 Å². The Morgan fingerprint density at radius 3 is 3.00 bits per heavy atom. The van der Waals surface area contributed by atoms with Crippen molar-refractivity contribution < 1.29 is 4.79 Å². The van der Waals surface area contributed by atoms with Crippen LogP contribution < -0.4 is 5.32 Å². The lowest BCUT2D eigenvalue weighted by Crippen LogP contribution is -2.39. The van der Waals surface area contributed by atoms with E-state index in [1.54, 1.807) is 0 Å². The molecule has 4 nitrogen and oxygen atoms in total. The van der Waals surface area contributed by atoms with Crippen molar-refractivity contribution in [2.45, 2.75) is 12.5 Å². The van der Waals surface area contributed by atoms with Crippen LogP contribution in [-0.4, -0.2) is 41.6 Å². The standard InChI is InChI=1S/C11H17N3O/c1-13-7-3-4-10(13)11(15)14(2)9-5-6-12-8-9/h3-4,7,9,12H,5-6,8H2,1-2H3. The number of aromatic nitrogens is 1. The number of rotatable bonds is 2. The van der Waals surface area contributed by atoms with Gasteiger partial charge in [0.2, 0.25) is 0 Å². The molecule has 0 spiro atoms. The van der Waals surface area contributed by atoms with E-state index in [2.05, 4.69) is 5.32 Å². The highest BCUT2D eigenvalue weighted by Crippen LogP contribution is 2.11. The zero-order valence-electron chi connectivity index (χ0n) is 9.23. The van der Waals surface area contributed by atoms with Gasteiger partial charge in [0, 0.05) is 32.9 Å². The molecule has 1 fully saturated rings. The Labute approximate surface area is 89.9 Å². The monoisotopic (exact) mass is 207 g/mol. The van der Waals surface area contributed by atoms with Crippen molar-refractivity contribution >= 4 is 5.91 Å². The Morgan fingerprint density at radius 2 is 2.47 bits per heavy atom. The maximum Gasteiger partial charge on any atom is 0.270 e. The molecule has 0 radical (unpaired) electrons. The van der Waals surface area contributed by atoms with Crippen molar-refractivity contribution in [1.82, 2.24) is 14.8 Å². The van der Waals surface area contributed by atoms with Gasteiger partial charge in [0.05, 0.1) is 0 Å². The summed E-state index contributed by atoms with van der Waals surface area (Å²) in [5, 5.41) is 3.27. The number of amides is 1. The molecule has 82 valence electrons. The molecular weight excluding hydrogens is 190 g/mol. The molecule has 4 heteroatoms. The molecule has 0 aliphatic carbocycles. The molecule has 2 rings (SSSR count). The number of nitrogens with zero attached hydrogens (tertiary/aromatic N) is 2. The van der Waals surface area contributed by atoms with Gasteiger partial charge in [-0.1, -0.05) is 0 Å². The van der Waals surface area contributed by atoms with Crippen LogP contribution in [0.15, 0.2) is 18.3 Å². The van der Waals surface area contributed by atoms with Gasteiger partial charge < -0.3 is 14.8 Å². The van der Waals surface area contributed by atoms with Gasteiger partial charge in [0.25, 0.3) is 5.91 Å². The van der Waals surface area contributed by atoms with E-state index in [9.17, 15) is 4.79 Å². The first-order valence-corrected chi connectivity index (χ1v) is 5.29. The topological polar surface area (TPSA) is 37.3 Å². The average Bonchev–Trinajstić information content (AvgIpc) is 2.85. The number of carbonyl (C=O) groups is 1. The number of hydrogen-bond acceptors (Lipinski definition) is 2. The molecule has 1 N–H and O–H groups in total. The van der Waals surface area contributed by atoms with Crippen LogP contribution in [0, 0.1) is 0 Å². The lowest BCUT2D eigenvalue weighted by atomic mass is 10.2. The number of aryl methyl sites for hydroxylation is 1. The summed E-state index contributed by atoms with van der Waals surface area (Å²) < 4.78 is 1.86. The van der Waals surface area contributed by atoms with Gasteiger partial charge in [-0.25, -0.2) is 0 Å². The third-order valence-electron chi connectivity index (χ3n) is 3.07. The summed E-state index contributed by atoms with van der Waals surface area (Å²) in [5.74, 6) is 0.108. The molecule has 1 unspecified atom stereocenters. The summed E-state index contributed by atoms with van der Waals surface area (Å²) in [6.45, 7) is 1.92. The second-order valence-electron chi connectivity index (χ2n) is 4.07. The molecule has 1 amide bonds. The van der Waals surface area contributed by atoms with E-state index >= 15 is 0 Å². The minimum absolute atomic E-state index is 0.108. The molecule has 1 aromatic rings. The summed E-state index contributed by atoms with van der Waals surface area (Å²) in [6, 6.07) is 4.10. The molecular formula is C11H17N3O. The van der Waals surface area contributed by atoms with E-state index < -0.39 is 0 Å². The zero-order valence-corrected chi connectivity index (χ0v) is 9.23. The van der Waals surface area contributed by atoms with E-state index in [0.29, 0.717) is 6.04 Å². The minimum atomic E-state index is 0.108. The highest BCUT2D eigenvalue weighted by molar-refractivity contribution is 5.92. The van der Waals surface area contributed by atoms with Gasteiger partial charge in [-0.3, -0.25) is 4.79 Å². The van der Waals surface area contributed by atoms with Crippen molar-refractivity contribution in [2.24, 2.45) is 7.05 Å². The van der Waals surface area contributed by atoms with Crippen molar-refractivity contribution in [3.05, 3.63) is 24.0 Å². The van der Waals surface area contributed by atoms with Gasteiger partial charge in [-0.15, -0.1) is 0 Å². The van der Waals surface area contributed by atoms with E-state index in [-0.39, 0.29) is 5.91 Å². The Kier molecular flexibility index (Phi) is 2.77. The molecule has 1 aliphatic rings. The quantitative estimate of drug-likeness (QED) is 0.765. The number of carbonyl (C=O) groups excluding carboxylic acids is 1. The summed E-state index contributed by atoms with van der Waals surface area (Å²) in [4.78, 5) is 13.9. The van der Waals surface area contributed by atoms with Gasteiger partial charge in [-0.05, 0) is 25.1 Å². The number of hydrogen-bond donors (Lipinski definition) is 1. The second kappa shape index (κ2) is 4.06. The maximum absolute atomic E-state index is 12.1. The SMILES string of the molecule is CN(C(=O)c1cccn1C)C1CCNC1. The van der Waals surface area contributed by atoms with Crippen LogP contribution in [0.5, 0.6) is 0 Å². The first-order chi connectivity index (χ1) is 7.20. The lowest BCUT2D eigenvalue weighted by Gasteiger charge is -2.23. The van der Waals surface area contributed by atoms with E-state index in [0.717, 1.165) is 25.2 Å². The van der Waals surface area contributed by atoms with Gasteiger partial charge in [0.15, 0.2) is 0 Å². The van der Waals surface area contributed by atoms with E-state index in [1.165, 1.54) is 0 Å². The minimum Gasteiger partial charge on any atom is -0.347 e. The first-order valence-electron chi connectivity index (χ1n) is 5.29. The van der Waals surface area contributed by atoms with Crippen LogP contribution in [0.2, 0.25) is 0 Å². The lowest BCUT2D eigenvalue weighted by molar-refractivity contribution is 0.0734. The Bertz CT molecular complexity index is 352. The van der Waals surface area contributed by atoms with Crippen LogP contribution >= 0.6 is 0 Å². The average molecular weight is 207 g/mol. The Balaban J connectivity index is 2.10. The van der Waals surface area contributed by atoms with Gasteiger partial charge in [-0.2, -0.15) is 0 Å². The fraction of sp³-hybridized carbons (Fsp3) is 0.545. The molecule has 1 aromatic heterocycles. The predicted molar refractivity (Wildman–Crippen MR) is 58.8 cm³/mol. The molecule has 15 heavy (non-hydrogen) atoms. The zero-order chi connectivity index (χ0) is 10.8. The van der Waals surface area contributed by atoms with Crippen LogP contribution in [0.25, 0.3) is 0 Å². The molecule has 1 atom stereocenters. The molecule has 0 saturated carbocycles. The van der Waals surface area contributed by atoms with Crippen LogP contribution in [-0.2, 0) is 7.05 Å². The largest absolute Gasteiger partial charge is 0.347 e.